The Kier molecular flexibility index (Phi) is 5.91. The van der Waals surface area contributed by atoms with Gasteiger partial charge in [-0.1, -0.05) is 37.5 Å². The van der Waals surface area contributed by atoms with Gasteiger partial charge in [-0.2, -0.15) is 0 Å². The summed E-state index contributed by atoms with van der Waals surface area (Å²) in [5, 5.41) is 3.79. The third-order valence-electron chi connectivity index (χ3n) is 4.80. The maximum atomic E-state index is 12.2. The highest BCUT2D eigenvalue weighted by Crippen LogP contribution is 2.26. The van der Waals surface area contributed by atoms with Crippen LogP contribution in [0.5, 0.6) is 0 Å². The minimum atomic E-state index is -0.0699. The first kappa shape index (κ1) is 17.0. The summed E-state index contributed by atoms with van der Waals surface area (Å²) < 4.78 is 0. The van der Waals surface area contributed by atoms with Gasteiger partial charge in [0.1, 0.15) is 0 Å². The van der Waals surface area contributed by atoms with Crippen LogP contribution in [0.3, 0.4) is 0 Å². The lowest BCUT2D eigenvalue weighted by Crippen LogP contribution is -2.52. The van der Waals surface area contributed by atoms with Gasteiger partial charge in [-0.05, 0) is 49.5 Å². The van der Waals surface area contributed by atoms with Gasteiger partial charge < -0.3 is 10.2 Å². The lowest BCUT2D eigenvalue weighted by molar-refractivity contribution is -0.120. The fourth-order valence-electron chi connectivity index (χ4n) is 3.58. The van der Waals surface area contributed by atoms with E-state index in [-0.39, 0.29) is 5.91 Å². The molecule has 1 aliphatic heterocycles. The van der Waals surface area contributed by atoms with Crippen LogP contribution in [0.15, 0.2) is 24.3 Å². The standard InChI is InChI=1S/C18H26N4OS/c23-17(20-21-18(24)19-15-9-2-1-3-10-15)13-22-12-6-8-14-7-4-5-11-16(14)22/h4-5,7,11,15H,1-3,6,8-10,12-13H2,(H,20,23)(H2,19,21,24). The Morgan fingerprint density at radius 3 is 2.75 bits per heavy atom. The van der Waals surface area contributed by atoms with E-state index < -0.39 is 0 Å². The summed E-state index contributed by atoms with van der Waals surface area (Å²) in [5.41, 5.74) is 8.04. The maximum Gasteiger partial charge on any atom is 0.257 e. The topological polar surface area (TPSA) is 56.4 Å². The third-order valence-corrected chi connectivity index (χ3v) is 5.02. The summed E-state index contributed by atoms with van der Waals surface area (Å²) >= 11 is 5.27. The number of hydrogen-bond donors (Lipinski definition) is 3. The van der Waals surface area contributed by atoms with E-state index in [1.807, 2.05) is 6.07 Å². The van der Waals surface area contributed by atoms with Crippen LogP contribution in [0.2, 0.25) is 0 Å². The van der Waals surface area contributed by atoms with E-state index in [9.17, 15) is 4.79 Å². The van der Waals surface area contributed by atoms with Gasteiger partial charge in [-0.3, -0.25) is 15.6 Å². The van der Waals surface area contributed by atoms with Gasteiger partial charge in [-0.15, -0.1) is 0 Å². The van der Waals surface area contributed by atoms with Crippen molar-refractivity contribution in [3.8, 4) is 0 Å². The summed E-state index contributed by atoms with van der Waals surface area (Å²) in [6.45, 7) is 1.26. The second-order valence-electron chi connectivity index (χ2n) is 6.64. The Hall–Kier alpha value is -1.82. The fourth-order valence-corrected chi connectivity index (χ4v) is 3.80. The number of hydrazine groups is 1. The zero-order valence-corrected chi connectivity index (χ0v) is 14.8. The summed E-state index contributed by atoms with van der Waals surface area (Å²) in [5.74, 6) is -0.0699. The Balaban J connectivity index is 1.44. The molecule has 0 saturated heterocycles. The SMILES string of the molecule is O=C(CN1CCCc2ccccc21)NNC(=S)NC1CCCCC1. The fraction of sp³-hybridized carbons (Fsp3) is 0.556. The van der Waals surface area contributed by atoms with Gasteiger partial charge in [0.15, 0.2) is 5.11 Å². The smallest absolute Gasteiger partial charge is 0.257 e. The molecule has 1 saturated carbocycles. The van der Waals surface area contributed by atoms with Crippen LogP contribution in [0.25, 0.3) is 0 Å². The van der Waals surface area contributed by atoms with Crippen LogP contribution in [0.4, 0.5) is 5.69 Å². The number of benzene rings is 1. The molecule has 0 unspecified atom stereocenters. The van der Waals surface area contributed by atoms with Crippen molar-refractivity contribution < 1.29 is 4.79 Å². The van der Waals surface area contributed by atoms with Gasteiger partial charge in [0.25, 0.3) is 5.91 Å². The average Bonchev–Trinajstić information content (AvgIpc) is 2.61. The van der Waals surface area contributed by atoms with E-state index in [2.05, 4.69) is 39.3 Å². The Morgan fingerprint density at radius 2 is 1.92 bits per heavy atom. The van der Waals surface area contributed by atoms with Crippen LogP contribution in [0, 0.1) is 0 Å². The molecule has 3 rings (SSSR count). The molecule has 1 aromatic carbocycles. The Morgan fingerprint density at radius 1 is 1.12 bits per heavy atom. The predicted octanol–water partition coefficient (Wildman–Crippen LogP) is 2.27. The van der Waals surface area contributed by atoms with Gasteiger partial charge in [-0.25, -0.2) is 0 Å². The van der Waals surface area contributed by atoms with Crippen molar-refractivity contribution in [2.45, 2.75) is 51.0 Å². The summed E-state index contributed by atoms with van der Waals surface area (Å²) in [6.07, 6.45) is 8.29. The average molecular weight is 347 g/mol. The summed E-state index contributed by atoms with van der Waals surface area (Å²) in [6, 6.07) is 8.74. The number of aryl methyl sites for hydroxylation is 1. The molecular weight excluding hydrogens is 320 g/mol. The lowest BCUT2D eigenvalue weighted by atomic mass is 9.96. The molecule has 6 heteroatoms. The molecule has 1 fully saturated rings. The highest BCUT2D eigenvalue weighted by atomic mass is 32.1. The number of carbonyl (C=O) groups excluding carboxylic acids is 1. The van der Waals surface area contributed by atoms with Crippen LogP contribution < -0.4 is 21.1 Å². The second-order valence-corrected chi connectivity index (χ2v) is 7.04. The molecule has 3 N–H and O–H groups in total. The lowest BCUT2D eigenvalue weighted by Gasteiger charge is -2.30. The Labute approximate surface area is 149 Å². The number of hydrogen-bond acceptors (Lipinski definition) is 3. The molecule has 0 atom stereocenters. The number of nitrogens with zero attached hydrogens (tertiary/aromatic N) is 1. The molecule has 1 aliphatic carbocycles. The first-order chi connectivity index (χ1) is 11.7. The van der Waals surface area contributed by atoms with E-state index in [0.29, 0.717) is 17.7 Å². The molecule has 1 heterocycles. The normalized spacial score (nSPS) is 17.8. The Bertz CT molecular complexity index is 586. The van der Waals surface area contributed by atoms with Crippen molar-refractivity contribution in [1.29, 1.82) is 0 Å². The molecular formula is C18H26N4OS. The van der Waals surface area contributed by atoms with E-state index in [1.54, 1.807) is 0 Å². The molecule has 0 aromatic heterocycles. The van der Waals surface area contributed by atoms with Crippen molar-refractivity contribution in [2.24, 2.45) is 0 Å². The molecule has 5 nitrogen and oxygen atoms in total. The van der Waals surface area contributed by atoms with Gasteiger partial charge in [0.05, 0.1) is 6.54 Å². The van der Waals surface area contributed by atoms with Gasteiger partial charge >= 0.3 is 0 Å². The van der Waals surface area contributed by atoms with Crippen LogP contribution in [-0.2, 0) is 11.2 Å². The quantitative estimate of drug-likeness (QED) is 0.579. The summed E-state index contributed by atoms with van der Waals surface area (Å²) in [7, 11) is 0. The van der Waals surface area contributed by atoms with E-state index >= 15 is 0 Å². The van der Waals surface area contributed by atoms with E-state index in [1.165, 1.54) is 30.5 Å². The monoisotopic (exact) mass is 346 g/mol. The number of amides is 1. The molecule has 2 aliphatic rings. The van der Waals surface area contributed by atoms with Gasteiger partial charge in [0, 0.05) is 18.3 Å². The number of nitrogens with one attached hydrogen (secondary N) is 3. The van der Waals surface area contributed by atoms with Crippen molar-refractivity contribution >= 4 is 28.9 Å². The van der Waals surface area contributed by atoms with Crippen LogP contribution >= 0.6 is 12.2 Å². The molecule has 0 bridgehead atoms. The van der Waals surface area contributed by atoms with Gasteiger partial charge in [0.2, 0.25) is 0 Å². The van der Waals surface area contributed by atoms with Crippen LogP contribution in [-0.4, -0.2) is 30.2 Å². The number of fused-ring (bicyclic) bond motifs is 1. The molecule has 1 aromatic rings. The highest BCUT2D eigenvalue weighted by Gasteiger charge is 2.19. The van der Waals surface area contributed by atoms with Crippen molar-refractivity contribution in [3.05, 3.63) is 29.8 Å². The second kappa shape index (κ2) is 8.33. The minimum absolute atomic E-state index is 0.0699. The number of thiocarbonyl (C=S) groups is 1. The maximum absolute atomic E-state index is 12.2. The highest BCUT2D eigenvalue weighted by molar-refractivity contribution is 7.80. The first-order valence-corrected chi connectivity index (χ1v) is 9.31. The van der Waals surface area contributed by atoms with E-state index in [0.717, 1.165) is 32.2 Å². The van der Waals surface area contributed by atoms with E-state index in [4.69, 9.17) is 12.2 Å². The first-order valence-electron chi connectivity index (χ1n) is 8.90. The number of para-hydroxylation sites is 1. The molecule has 130 valence electrons. The number of anilines is 1. The van der Waals surface area contributed by atoms with Crippen molar-refractivity contribution in [3.63, 3.8) is 0 Å². The number of carbonyl (C=O) groups is 1. The predicted molar refractivity (Wildman–Crippen MR) is 101 cm³/mol. The zero-order valence-electron chi connectivity index (χ0n) is 14.0. The van der Waals surface area contributed by atoms with Crippen molar-refractivity contribution in [2.75, 3.05) is 18.0 Å². The minimum Gasteiger partial charge on any atom is -0.362 e. The number of rotatable bonds is 3. The molecule has 0 spiro atoms. The molecule has 0 radical (unpaired) electrons. The third kappa shape index (κ3) is 4.60. The molecule has 24 heavy (non-hydrogen) atoms. The summed E-state index contributed by atoms with van der Waals surface area (Å²) in [4.78, 5) is 14.3. The largest absolute Gasteiger partial charge is 0.362 e. The van der Waals surface area contributed by atoms with Crippen LogP contribution in [0.1, 0.15) is 44.1 Å². The van der Waals surface area contributed by atoms with Crippen molar-refractivity contribution in [1.82, 2.24) is 16.2 Å². The molecule has 1 amide bonds. The zero-order chi connectivity index (χ0) is 16.8.